The smallest absolute Gasteiger partial charge is 0.339 e. The molecular formula is C9H9NO4. The number of carbonyl (C=O) groups is 2. The highest BCUT2D eigenvalue weighted by Crippen LogP contribution is 2.22. The van der Waals surface area contributed by atoms with Crippen molar-refractivity contribution in [2.45, 2.75) is 19.4 Å². The van der Waals surface area contributed by atoms with E-state index in [-0.39, 0.29) is 23.1 Å². The van der Waals surface area contributed by atoms with Crippen LogP contribution in [0, 0.1) is 0 Å². The molecule has 0 saturated heterocycles. The van der Waals surface area contributed by atoms with Crippen molar-refractivity contribution in [2.24, 2.45) is 0 Å². The lowest BCUT2D eigenvalue weighted by atomic mass is 10.0. The summed E-state index contributed by atoms with van der Waals surface area (Å²) in [7, 11) is 0. The summed E-state index contributed by atoms with van der Waals surface area (Å²) in [5.41, 5.74) is 0.0972. The van der Waals surface area contributed by atoms with Gasteiger partial charge in [-0.05, 0) is 6.92 Å². The van der Waals surface area contributed by atoms with Gasteiger partial charge in [-0.1, -0.05) is 0 Å². The minimum absolute atomic E-state index is 0.0113. The average molecular weight is 195 g/mol. The first-order chi connectivity index (χ1) is 6.59. The molecular weight excluding hydrogens is 186 g/mol. The van der Waals surface area contributed by atoms with E-state index < -0.39 is 5.97 Å². The first kappa shape index (κ1) is 8.80. The molecule has 1 aliphatic rings. The zero-order valence-corrected chi connectivity index (χ0v) is 7.53. The number of carbonyl (C=O) groups excluding carboxylic acids is 1. The van der Waals surface area contributed by atoms with Gasteiger partial charge in [-0.3, -0.25) is 4.79 Å². The summed E-state index contributed by atoms with van der Waals surface area (Å²) in [4.78, 5) is 22.2. The third kappa shape index (κ3) is 1.17. The van der Waals surface area contributed by atoms with Crippen LogP contribution in [0.15, 0.2) is 10.7 Å². The fourth-order valence-corrected chi connectivity index (χ4v) is 1.58. The van der Waals surface area contributed by atoms with Crippen molar-refractivity contribution < 1.29 is 19.1 Å². The van der Waals surface area contributed by atoms with E-state index in [2.05, 4.69) is 5.32 Å². The Balaban J connectivity index is 2.52. The van der Waals surface area contributed by atoms with E-state index in [0.29, 0.717) is 12.2 Å². The Kier molecular flexibility index (Phi) is 1.80. The van der Waals surface area contributed by atoms with Crippen LogP contribution < -0.4 is 5.32 Å². The Hall–Kier alpha value is -1.78. The Bertz CT molecular complexity index is 407. The number of carboxylic acid groups (broad SMARTS) is 1. The van der Waals surface area contributed by atoms with Gasteiger partial charge in [0.05, 0.1) is 5.56 Å². The first-order valence-corrected chi connectivity index (χ1v) is 4.24. The molecule has 0 radical (unpaired) electrons. The van der Waals surface area contributed by atoms with E-state index in [4.69, 9.17) is 9.52 Å². The van der Waals surface area contributed by atoms with Crippen molar-refractivity contribution >= 4 is 11.9 Å². The molecule has 1 aliphatic heterocycles. The molecule has 14 heavy (non-hydrogen) atoms. The van der Waals surface area contributed by atoms with Crippen LogP contribution in [-0.4, -0.2) is 23.0 Å². The maximum Gasteiger partial charge on any atom is 0.339 e. The molecule has 1 aromatic heterocycles. The summed E-state index contributed by atoms with van der Waals surface area (Å²) in [6.45, 7) is 1.84. The third-order valence-corrected chi connectivity index (χ3v) is 2.19. The molecule has 1 amide bonds. The topological polar surface area (TPSA) is 79.5 Å². The number of amides is 1. The number of hydrogen-bond acceptors (Lipinski definition) is 3. The van der Waals surface area contributed by atoms with Gasteiger partial charge in [-0.15, -0.1) is 0 Å². The molecule has 74 valence electrons. The normalized spacial score (nSPS) is 20.1. The van der Waals surface area contributed by atoms with E-state index in [0.717, 1.165) is 6.26 Å². The summed E-state index contributed by atoms with van der Waals surface area (Å²) in [5, 5.41) is 11.4. The van der Waals surface area contributed by atoms with Gasteiger partial charge < -0.3 is 14.8 Å². The molecule has 0 unspecified atom stereocenters. The minimum Gasteiger partial charge on any atom is -0.478 e. The molecule has 5 nitrogen and oxygen atoms in total. The highest BCUT2D eigenvalue weighted by Gasteiger charge is 2.30. The quantitative estimate of drug-likeness (QED) is 0.689. The van der Waals surface area contributed by atoms with Crippen LogP contribution in [-0.2, 0) is 6.42 Å². The molecule has 1 atom stereocenters. The fraction of sp³-hybridized carbons (Fsp3) is 0.333. The second kappa shape index (κ2) is 2.87. The Morgan fingerprint density at radius 3 is 3.07 bits per heavy atom. The zero-order valence-electron chi connectivity index (χ0n) is 7.53. The van der Waals surface area contributed by atoms with Gasteiger partial charge >= 0.3 is 5.97 Å². The highest BCUT2D eigenvalue weighted by atomic mass is 16.4. The summed E-state index contributed by atoms with van der Waals surface area (Å²) < 4.78 is 5.05. The fourth-order valence-electron chi connectivity index (χ4n) is 1.58. The highest BCUT2D eigenvalue weighted by molar-refractivity contribution is 6.06. The number of carboxylic acids is 1. The van der Waals surface area contributed by atoms with Crippen molar-refractivity contribution in [2.75, 3.05) is 0 Å². The minimum atomic E-state index is -1.14. The average Bonchev–Trinajstić information content (AvgIpc) is 2.47. The van der Waals surface area contributed by atoms with Crippen LogP contribution in [0.1, 0.15) is 33.4 Å². The van der Waals surface area contributed by atoms with Crippen molar-refractivity contribution in [3.63, 3.8) is 0 Å². The van der Waals surface area contributed by atoms with E-state index in [1.807, 2.05) is 6.92 Å². The first-order valence-electron chi connectivity index (χ1n) is 4.24. The third-order valence-electron chi connectivity index (χ3n) is 2.19. The summed E-state index contributed by atoms with van der Waals surface area (Å²) in [6, 6.07) is -0.0113. The molecule has 1 aromatic rings. The maximum absolute atomic E-state index is 11.4. The van der Waals surface area contributed by atoms with Gasteiger partial charge in [-0.2, -0.15) is 0 Å². The Morgan fingerprint density at radius 1 is 1.71 bits per heavy atom. The van der Waals surface area contributed by atoms with E-state index in [1.54, 1.807) is 0 Å². The van der Waals surface area contributed by atoms with Crippen LogP contribution in [0.2, 0.25) is 0 Å². The van der Waals surface area contributed by atoms with Crippen molar-refractivity contribution in [3.05, 3.63) is 23.2 Å². The number of fused-ring (bicyclic) bond motifs is 1. The molecule has 2 rings (SSSR count). The molecule has 0 fully saturated rings. The molecule has 0 spiro atoms. The monoisotopic (exact) mass is 195 g/mol. The van der Waals surface area contributed by atoms with Crippen LogP contribution in [0.25, 0.3) is 0 Å². The number of hydrogen-bond donors (Lipinski definition) is 2. The van der Waals surface area contributed by atoms with Crippen LogP contribution in [0.4, 0.5) is 0 Å². The predicted molar refractivity (Wildman–Crippen MR) is 46.3 cm³/mol. The van der Waals surface area contributed by atoms with Crippen LogP contribution in [0.3, 0.4) is 0 Å². The van der Waals surface area contributed by atoms with Gasteiger partial charge in [0.1, 0.15) is 17.6 Å². The molecule has 2 heterocycles. The Labute approximate surface area is 79.7 Å². The molecule has 2 N–H and O–H groups in total. The van der Waals surface area contributed by atoms with Gasteiger partial charge in [0.15, 0.2) is 0 Å². The summed E-state index contributed by atoms with van der Waals surface area (Å²) in [5.74, 6) is -1.05. The van der Waals surface area contributed by atoms with Gasteiger partial charge in [0.25, 0.3) is 5.91 Å². The zero-order chi connectivity index (χ0) is 10.3. The Morgan fingerprint density at radius 2 is 2.43 bits per heavy atom. The van der Waals surface area contributed by atoms with Crippen LogP contribution >= 0.6 is 0 Å². The van der Waals surface area contributed by atoms with E-state index >= 15 is 0 Å². The molecule has 0 bridgehead atoms. The lowest BCUT2D eigenvalue weighted by Gasteiger charge is -2.18. The molecule has 0 aliphatic carbocycles. The van der Waals surface area contributed by atoms with Crippen molar-refractivity contribution in [3.8, 4) is 0 Å². The van der Waals surface area contributed by atoms with Gasteiger partial charge in [0, 0.05) is 12.5 Å². The van der Waals surface area contributed by atoms with Gasteiger partial charge in [0.2, 0.25) is 0 Å². The lowest BCUT2D eigenvalue weighted by Crippen LogP contribution is -2.39. The number of nitrogens with one attached hydrogen (secondary N) is 1. The number of furan rings is 1. The second-order valence-corrected chi connectivity index (χ2v) is 3.33. The molecule has 0 aromatic carbocycles. The number of aromatic carboxylic acids is 1. The van der Waals surface area contributed by atoms with Gasteiger partial charge in [-0.25, -0.2) is 4.79 Å². The lowest BCUT2D eigenvalue weighted by molar-refractivity contribution is 0.0690. The van der Waals surface area contributed by atoms with E-state index in [9.17, 15) is 9.59 Å². The summed E-state index contributed by atoms with van der Waals surface area (Å²) >= 11 is 0. The van der Waals surface area contributed by atoms with Crippen LogP contribution in [0.5, 0.6) is 0 Å². The standard InChI is InChI=1S/C9H9NO4/c1-4-2-6-7(8(11)10-4)5(3-14-6)9(12)13/h3-4H,2H2,1H3,(H,10,11)(H,12,13)/t4-/m0/s1. The maximum atomic E-state index is 11.4. The molecule has 5 heteroatoms. The predicted octanol–water partition coefficient (Wildman–Crippen LogP) is 0.652. The second-order valence-electron chi connectivity index (χ2n) is 3.33. The van der Waals surface area contributed by atoms with E-state index in [1.165, 1.54) is 0 Å². The van der Waals surface area contributed by atoms with Crippen molar-refractivity contribution in [1.29, 1.82) is 0 Å². The SMILES string of the molecule is C[C@H]1Cc2occ(C(=O)O)c2C(=O)N1. The van der Waals surface area contributed by atoms with Crippen molar-refractivity contribution in [1.82, 2.24) is 5.32 Å². The largest absolute Gasteiger partial charge is 0.478 e. The number of rotatable bonds is 1. The molecule has 0 saturated carbocycles. The summed E-state index contributed by atoms with van der Waals surface area (Å²) in [6.07, 6.45) is 1.65.